The second-order valence-corrected chi connectivity index (χ2v) is 8.15. The zero-order chi connectivity index (χ0) is 13.3. The first-order chi connectivity index (χ1) is 8.42. The summed E-state index contributed by atoms with van der Waals surface area (Å²) >= 11 is 14.0. The maximum Gasteiger partial charge on any atom is 0.0629 e. The van der Waals surface area contributed by atoms with Crippen LogP contribution in [0.15, 0.2) is 27.1 Å². The van der Waals surface area contributed by atoms with Crippen LogP contribution in [0, 0.1) is 11.3 Å². The lowest BCUT2D eigenvalue weighted by Gasteiger charge is -2.41. The number of hydrogen-bond donors (Lipinski definition) is 0. The number of hydrogen-bond acceptors (Lipinski definition) is 0. The van der Waals surface area contributed by atoms with Gasteiger partial charge in [0.1, 0.15) is 0 Å². The largest absolute Gasteiger partial charge is 0.117 e. The molecule has 1 fully saturated rings. The van der Waals surface area contributed by atoms with Crippen molar-refractivity contribution in [3.05, 3.63) is 32.7 Å². The lowest BCUT2D eigenvalue weighted by atomic mass is 9.66. The SMILES string of the molecule is CC1(C)CCCCC1C(Cl)c1cc(Br)ccc1Br. The summed E-state index contributed by atoms with van der Waals surface area (Å²) in [6.07, 6.45) is 5.17. The molecular weight excluding hydrogens is 375 g/mol. The van der Waals surface area contributed by atoms with Gasteiger partial charge in [-0.05, 0) is 47.9 Å². The molecule has 0 amide bonds. The molecule has 0 heterocycles. The molecular formula is C15H19Br2Cl. The molecule has 1 aliphatic rings. The minimum atomic E-state index is 0.0900. The second-order valence-electron chi connectivity index (χ2n) is 5.91. The highest BCUT2D eigenvalue weighted by atomic mass is 79.9. The molecule has 1 aromatic rings. The van der Waals surface area contributed by atoms with E-state index in [4.69, 9.17) is 11.6 Å². The van der Waals surface area contributed by atoms with Gasteiger partial charge in [0, 0.05) is 8.95 Å². The number of rotatable bonds is 2. The van der Waals surface area contributed by atoms with Crippen molar-refractivity contribution in [2.75, 3.05) is 0 Å². The third-order valence-electron chi connectivity index (χ3n) is 4.20. The Kier molecular flexibility index (Phi) is 4.83. The fourth-order valence-electron chi connectivity index (χ4n) is 3.01. The Bertz CT molecular complexity index is 429. The van der Waals surface area contributed by atoms with Gasteiger partial charge in [-0.3, -0.25) is 0 Å². The van der Waals surface area contributed by atoms with E-state index in [-0.39, 0.29) is 5.38 Å². The Balaban J connectivity index is 2.29. The molecule has 0 aromatic heterocycles. The molecule has 18 heavy (non-hydrogen) atoms. The Morgan fingerprint density at radius 2 is 2.00 bits per heavy atom. The van der Waals surface area contributed by atoms with Crippen LogP contribution in [-0.2, 0) is 0 Å². The van der Waals surface area contributed by atoms with Gasteiger partial charge in [-0.25, -0.2) is 0 Å². The average Bonchev–Trinajstić information content (AvgIpc) is 2.31. The zero-order valence-corrected chi connectivity index (χ0v) is 14.8. The molecule has 0 saturated heterocycles. The summed E-state index contributed by atoms with van der Waals surface area (Å²) in [4.78, 5) is 0. The van der Waals surface area contributed by atoms with Crippen molar-refractivity contribution in [1.82, 2.24) is 0 Å². The van der Waals surface area contributed by atoms with Crippen LogP contribution in [0.25, 0.3) is 0 Å². The van der Waals surface area contributed by atoms with Crippen molar-refractivity contribution >= 4 is 43.5 Å². The number of benzene rings is 1. The van der Waals surface area contributed by atoms with Gasteiger partial charge in [0.05, 0.1) is 5.38 Å². The van der Waals surface area contributed by atoms with Crippen LogP contribution in [0.1, 0.15) is 50.5 Å². The van der Waals surface area contributed by atoms with E-state index >= 15 is 0 Å². The third kappa shape index (κ3) is 3.13. The van der Waals surface area contributed by atoms with Crippen molar-refractivity contribution in [3.8, 4) is 0 Å². The van der Waals surface area contributed by atoms with Crippen LogP contribution in [-0.4, -0.2) is 0 Å². The van der Waals surface area contributed by atoms with E-state index in [1.54, 1.807) is 0 Å². The van der Waals surface area contributed by atoms with Crippen LogP contribution in [0.5, 0.6) is 0 Å². The predicted molar refractivity (Wildman–Crippen MR) is 86.2 cm³/mol. The summed E-state index contributed by atoms with van der Waals surface area (Å²) in [6, 6.07) is 6.26. The molecule has 1 aromatic carbocycles. The number of halogens is 3. The van der Waals surface area contributed by atoms with Crippen LogP contribution < -0.4 is 0 Å². The first kappa shape index (κ1) is 14.9. The fourth-order valence-corrected chi connectivity index (χ4v) is 4.66. The quantitative estimate of drug-likeness (QED) is 0.489. The maximum absolute atomic E-state index is 6.80. The highest BCUT2D eigenvalue weighted by molar-refractivity contribution is 9.11. The summed E-state index contributed by atoms with van der Waals surface area (Å²) in [5.74, 6) is 0.554. The van der Waals surface area contributed by atoms with E-state index in [0.29, 0.717) is 11.3 Å². The lowest BCUT2D eigenvalue weighted by molar-refractivity contribution is 0.133. The Labute approximate surface area is 132 Å². The maximum atomic E-state index is 6.80. The minimum absolute atomic E-state index is 0.0900. The van der Waals surface area contributed by atoms with Crippen LogP contribution >= 0.6 is 43.5 Å². The van der Waals surface area contributed by atoms with Crippen molar-refractivity contribution in [1.29, 1.82) is 0 Å². The zero-order valence-electron chi connectivity index (χ0n) is 10.8. The molecule has 0 spiro atoms. The summed E-state index contributed by atoms with van der Waals surface area (Å²) in [7, 11) is 0. The molecule has 0 N–H and O–H groups in total. The molecule has 0 aliphatic heterocycles. The van der Waals surface area contributed by atoms with E-state index in [2.05, 4.69) is 57.8 Å². The van der Waals surface area contributed by atoms with E-state index < -0.39 is 0 Å². The van der Waals surface area contributed by atoms with Gasteiger partial charge >= 0.3 is 0 Å². The highest BCUT2D eigenvalue weighted by Gasteiger charge is 2.37. The van der Waals surface area contributed by atoms with Crippen molar-refractivity contribution in [3.63, 3.8) is 0 Å². The molecule has 3 heteroatoms. The van der Waals surface area contributed by atoms with Crippen LogP contribution in [0.4, 0.5) is 0 Å². The summed E-state index contributed by atoms with van der Waals surface area (Å²) in [5, 5.41) is 0.0900. The summed E-state index contributed by atoms with van der Waals surface area (Å²) in [6.45, 7) is 4.72. The molecule has 0 radical (unpaired) electrons. The molecule has 2 atom stereocenters. The van der Waals surface area contributed by atoms with Crippen molar-refractivity contribution in [2.24, 2.45) is 11.3 Å². The smallest absolute Gasteiger partial charge is 0.0629 e. The first-order valence-corrected chi connectivity index (χ1v) is 8.53. The van der Waals surface area contributed by atoms with Gasteiger partial charge in [0.15, 0.2) is 0 Å². The monoisotopic (exact) mass is 392 g/mol. The molecule has 1 aliphatic carbocycles. The summed E-state index contributed by atoms with van der Waals surface area (Å²) < 4.78 is 2.21. The second kappa shape index (κ2) is 5.85. The van der Waals surface area contributed by atoms with Gasteiger partial charge in [0.25, 0.3) is 0 Å². The van der Waals surface area contributed by atoms with Gasteiger partial charge in [-0.2, -0.15) is 0 Å². The third-order valence-corrected chi connectivity index (χ3v) is 5.95. The molecule has 2 unspecified atom stereocenters. The topological polar surface area (TPSA) is 0 Å². The Morgan fingerprint density at radius 3 is 2.67 bits per heavy atom. The van der Waals surface area contributed by atoms with Crippen molar-refractivity contribution < 1.29 is 0 Å². The van der Waals surface area contributed by atoms with Crippen LogP contribution in [0.3, 0.4) is 0 Å². The van der Waals surface area contributed by atoms with Crippen molar-refractivity contribution in [2.45, 2.75) is 44.9 Å². The Hall–Kier alpha value is 0.470. The first-order valence-electron chi connectivity index (χ1n) is 6.51. The molecule has 1 saturated carbocycles. The average molecular weight is 395 g/mol. The van der Waals surface area contributed by atoms with E-state index in [1.807, 2.05) is 6.07 Å². The normalized spacial score (nSPS) is 24.8. The van der Waals surface area contributed by atoms with E-state index in [1.165, 1.54) is 31.2 Å². The minimum Gasteiger partial charge on any atom is -0.117 e. The van der Waals surface area contributed by atoms with E-state index in [0.717, 1.165) is 8.95 Å². The van der Waals surface area contributed by atoms with Gasteiger partial charge < -0.3 is 0 Å². The Morgan fingerprint density at radius 1 is 1.28 bits per heavy atom. The van der Waals surface area contributed by atoms with Gasteiger partial charge in [0.2, 0.25) is 0 Å². The van der Waals surface area contributed by atoms with Gasteiger partial charge in [-0.1, -0.05) is 58.5 Å². The highest BCUT2D eigenvalue weighted by Crippen LogP contribution is 2.50. The number of alkyl halides is 1. The predicted octanol–water partition coefficient (Wildman–Crippen LogP) is 6.71. The van der Waals surface area contributed by atoms with Gasteiger partial charge in [-0.15, -0.1) is 11.6 Å². The fraction of sp³-hybridized carbons (Fsp3) is 0.600. The molecule has 2 rings (SSSR count). The molecule has 0 nitrogen and oxygen atoms in total. The summed E-state index contributed by atoms with van der Waals surface area (Å²) in [5.41, 5.74) is 1.55. The standard InChI is InChI=1S/C15H19Br2Cl/c1-15(2)8-4-3-5-12(15)14(18)11-9-10(16)6-7-13(11)17/h6-7,9,12,14H,3-5,8H2,1-2H3. The lowest BCUT2D eigenvalue weighted by Crippen LogP contribution is -2.31. The molecule has 0 bridgehead atoms. The van der Waals surface area contributed by atoms with E-state index in [9.17, 15) is 0 Å². The molecule has 100 valence electrons. The van der Waals surface area contributed by atoms with Crippen LogP contribution in [0.2, 0.25) is 0 Å².